The minimum atomic E-state index is -0.0125. The highest BCUT2D eigenvalue weighted by Crippen LogP contribution is 2.34. The summed E-state index contributed by atoms with van der Waals surface area (Å²) in [5, 5.41) is 0. The molecule has 0 aromatic heterocycles. The first-order chi connectivity index (χ1) is 10.7. The molecule has 3 atom stereocenters. The van der Waals surface area contributed by atoms with Gasteiger partial charge >= 0.3 is 5.97 Å². The van der Waals surface area contributed by atoms with Gasteiger partial charge in [-0.1, -0.05) is 43.7 Å². The number of esters is 1. The van der Waals surface area contributed by atoms with Crippen LogP contribution in [0.3, 0.4) is 0 Å². The van der Waals surface area contributed by atoms with Crippen molar-refractivity contribution in [2.75, 3.05) is 13.2 Å². The Balaban J connectivity index is 2.15. The van der Waals surface area contributed by atoms with Crippen molar-refractivity contribution < 1.29 is 9.53 Å². The van der Waals surface area contributed by atoms with E-state index in [0.717, 1.165) is 25.8 Å². The summed E-state index contributed by atoms with van der Waals surface area (Å²) < 4.78 is 5.34. The zero-order chi connectivity index (χ0) is 15.9. The van der Waals surface area contributed by atoms with E-state index >= 15 is 0 Å². The molecule has 1 heterocycles. The monoisotopic (exact) mass is 303 g/mol. The lowest BCUT2D eigenvalue weighted by atomic mass is 9.91. The molecule has 1 aromatic rings. The Morgan fingerprint density at radius 2 is 2.05 bits per heavy atom. The van der Waals surface area contributed by atoms with E-state index in [-0.39, 0.29) is 11.9 Å². The summed E-state index contributed by atoms with van der Waals surface area (Å²) in [6.45, 7) is 7.83. The molecule has 1 aliphatic rings. The third kappa shape index (κ3) is 3.89. The molecule has 3 heteroatoms. The second kappa shape index (κ2) is 8.33. The summed E-state index contributed by atoms with van der Waals surface area (Å²) in [4.78, 5) is 14.9. The SMILES string of the molecule is CCC[C@@H](C(=O)OCC)[C@@H]1CCCN1[C@@H](C)c1ccccc1. The lowest BCUT2D eigenvalue weighted by molar-refractivity contribution is -0.150. The number of nitrogens with zero attached hydrogens (tertiary/aromatic N) is 1. The van der Waals surface area contributed by atoms with Gasteiger partial charge in [0.25, 0.3) is 0 Å². The fourth-order valence-electron chi connectivity index (χ4n) is 3.68. The van der Waals surface area contributed by atoms with Gasteiger partial charge in [0.2, 0.25) is 0 Å². The van der Waals surface area contributed by atoms with Crippen molar-refractivity contribution in [1.29, 1.82) is 0 Å². The highest BCUT2D eigenvalue weighted by molar-refractivity contribution is 5.73. The molecule has 1 saturated heterocycles. The summed E-state index contributed by atoms with van der Waals surface area (Å²) in [7, 11) is 0. The van der Waals surface area contributed by atoms with E-state index in [1.165, 1.54) is 12.0 Å². The fourth-order valence-corrected chi connectivity index (χ4v) is 3.68. The van der Waals surface area contributed by atoms with Crippen molar-refractivity contribution in [3.63, 3.8) is 0 Å². The van der Waals surface area contributed by atoms with Gasteiger partial charge < -0.3 is 4.74 Å². The second-order valence-corrected chi connectivity index (χ2v) is 6.18. The van der Waals surface area contributed by atoms with Gasteiger partial charge in [-0.3, -0.25) is 9.69 Å². The molecule has 1 aromatic carbocycles. The van der Waals surface area contributed by atoms with Crippen LogP contribution in [0.1, 0.15) is 58.1 Å². The molecule has 0 amide bonds. The maximum absolute atomic E-state index is 12.4. The first kappa shape index (κ1) is 17.0. The van der Waals surface area contributed by atoms with Crippen LogP contribution in [-0.2, 0) is 9.53 Å². The fraction of sp³-hybridized carbons (Fsp3) is 0.632. The molecule has 0 radical (unpaired) electrons. The lowest BCUT2D eigenvalue weighted by Gasteiger charge is -2.35. The maximum atomic E-state index is 12.4. The largest absolute Gasteiger partial charge is 0.466 e. The Labute approximate surface area is 134 Å². The molecule has 0 saturated carbocycles. The van der Waals surface area contributed by atoms with Crippen molar-refractivity contribution >= 4 is 5.97 Å². The van der Waals surface area contributed by atoms with Gasteiger partial charge in [0.1, 0.15) is 0 Å². The van der Waals surface area contributed by atoms with Crippen molar-refractivity contribution in [3.05, 3.63) is 35.9 Å². The predicted molar refractivity (Wildman–Crippen MR) is 89.6 cm³/mol. The highest BCUT2D eigenvalue weighted by atomic mass is 16.5. The quantitative estimate of drug-likeness (QED) is 0.707. The van der Waals surface area contributed by atoms with E-state index < -0.39 is 0 Å². The molecule has 0 bridgehead atoms. The summed E-state index contributed by atoms with van der Waals surface area (Å²) in [5.74, 6) is 0.000115. The van der Waals surface area contributed by atoms with Gasteiger partial charge in [0.15, 0.2) is 0 Å². The molecule has 0 N–H and O–H groups in total. The number of hydrogen-bond donors (Lipinski definition) is 0. The van der Waals surface area contributed by atoms with Crippen molar-refractivity contribution in [1.82, 2.24) is 4.90 Å². The molecule has 22 heavy (non-hydrogen) atoms. The summed E-state index contributed by atoms with van der Waals surface area (Å²) >= 11 is 0. The van der Waals surface area contributed by atoms with E-state index in [0.29, 0.717) is 18.7 Å². The number of hydrogen-bond acceptors (Lipinski definition) is 3. The van der Waals surface area contributed by atoms with Crippen LogP contribution in [0.4, 0.5) is 0 Å². The number of benzene rings is 1. The van der Waals surface area contributed by atoms with Crippen LogP contribution in [-0.4, -0.2) is 30.1 Å². The number of likely N-dealkylation sites (tertiary alicyclic amines) is 1. The normalized spacial score (nSPS) is 21.5. The Bertz CT molecular complexity index is 460. The van der Waals surface area contributed by atoms with Crippen molar-refractivity contribution in [3.8, 4) is 0 Å². The van der Waals surface area contributed by atoms with Crippen LogP contribution in [0.2, 0.25) is 0 Å². The number of carbonyl (C=O) groups is 1. The predicted octanol–water partition coefficient (Wildman–Crippen LogP) is 4.19. The first-order valence-corrected chi connectivity index (χ1v) is 8.66. The minimum Gasteiger partial charge on any atom is -0.466 e. The van der Waals surface area contributed by atoms with Crippen LogP contribution in [0, 0.1) is 5.92 Å². The zero-order valence-electron chi connectivity index (χ0n) is 14.1. The second-order valence-electron chi connectivity index (χ2n) is 6.18. The van der Waals surface area contributed by atoms with E-state index in [4.69, 9.17) is 4.74 Å². The number of rotatable bonds is 7. The standard InChI is InChI=1S/C19H29NO2/c1-4-10-17(19(21)22-5-2)18-13-9-14-20(18)15(3)16-11-7-6-8-12-16/h6-8,11-12,15,17-18H,4-5,9-10,13-14H2,1-3H3/t15-,17+,18-/m0/s1. The Morgan fingerprint density at radius 3 is 2.68 bits per heavy atom. The van der Waals surface area contributed by atoms with Crippen LogP contribution < -0.4 is 0 Å². The Morgan fingerprint density at radius 1 is 1.32 bits per heavy atom. The first-order valence-electron chi connectivity index (χ1n) is 8.66. The molecular weight excluding hydrogens is 274 g/mol. The van der Waals surface area contributed by atoms with Crippen LogP contribution in [0.5, 0.6) is 0 Å². The maximum Gasteiger partial charge on any atom is 0.310 e. The number of carbonyl (C=O) groups excluding carboxylic acids is 1. The van der Waals surface area contributed by atoms with Crippen LogP contribution >= 0.6 is 0 Å². The molecule has 122 valence electrons. The van der Waals surface area contributed by atoms with Gasteiger partial charge in [0.05, 0.1) is 12.5 Å². The van der Waals surface area contributed by atoms with E-state index in [1.54, 1.807) is 0 Å². The Hall–Kier alpha value is -1.35. The van der Waals surface area contributed by atoms with Crippen molar-refractivity contribution in [2.45, 2.75) is 58.5 Å². The van der Waals surface area contributed by atoms with E-state index in [9.17, 15) is 4.79 Å². The van der Waals surface area contributed by atoms with Gasteiger partial charge in [-0.25, -0.2) is 0 Å². The molecule has 3 nitrogen and oxygen atoms in total. The van der Waals surface area contributed by atoms with E-state index in [2.05, 4.69) is 49.1 Å². The molecule has 1 fully saturated rings. The lowest BCUT2D eigenvalue weighted by Crippen LogP contribution is -2.41. The molecular formula is C19H29NO2. The van der Waals surface area contributed by atoms with Gasteiger partial charge in [0, 0.05) is 12.1 Å². The molecule has 0 aliphatic carbocycles. The highest BCUT2D eigenvalue weighted by Gasteiger charge is 2.38. The third-order valence-corrected chi connectivity index (χ3v) is 4.78. The molecule has 0 spiro atoms. The van der Waals surface area contributed by atoms with Gasteiger partial charge in [-0.2, -0.15) is 0 Å². The van der Waals surface area contributed by atoms with Gasteiger partial charge in [-0.15, -0.1) is 0 Å². The van der Waals surface area contributed by atoms with Crippen molar-refractivity contribution in [2.24, 2.45) is 5.92 Å². The van der Waals surface area contributed by atoms with Gasteiger partial charge in [-0.05, 0) is 45.2 Å². The molecule has 2 rings (SSSR count). The smallest absolute Gasteiger partial charge is 0.310 e. The molecule has 1 aliphatic heterocycles. The van der Waals surface area contributed by atoms with Crippen LogP contribution in [0.15, 0.2) is 30.3 Å². The third-order valence-electron chi connectivity index (χ3n) is 4.78. The number of ether oxygens (including phenoxy) is 1. The summed E-state index contributed by atoms with van der Waals surface area (Å²) in [5.41, 5.74) is 1.33. The molecule has 0 unspecified atom stereocenters. The average Bonchev–Trinajstić information content (AvgIpc) is 3.02. The topological polar surface area (TPSA) is 29.5 Å². The van der Waals surface area contributed by atoms with E-state index in [1.807, 2.05) is 6.92 Å². The zero-order valence-corrected chi connectivity index (χ0v) is 14.1. The average molecular weight is 303 g/mol. The van der Waals surface area contributed by atoms with Crippen LogP contribution in [0.25, 0.3) is 0 Å². The summed E-state index contributed by atoms with van der Waals surface area (Å²) in [6, 6.07) is 11.3. The summed E-state index contributed by atoms with van der Waals surface area (Å²) in [6.07, 6.45) is 4.21. The minimum absolute atomic E-state index is 0.0125. The Kier molecular flexibility index (Phi) is 6.44.